The lowest BCUT2D eigenvalue weighted by molar-refractivity contribution is 0.111. The summed E-state index contributed by atoms with van der Waals surface area (Å²) in [5.74, 6) is 0.404. The maximum atomic E-state index is 10.7. The first-order chi connectivity index (χ1) is 7.19. The van der Waals surface area contributed by atoms with Crippen LogP contribution in [0.2, 0.25) is 0 Å². The molecule has 0 aliphatic carbocycles. The van der Waals surface area contributed by atoms with Crippen molar-refractivity contribution in [1.29, 1.82) is 0 Å². The summed E-state index contributed by atoms with van der Waals surface area (Å²) in [5.41, 5.74) is 0.0875. The van der Waals surface area contributed by atoms with Crippen molar-refractivity contribution in [2.75, 3.05) is 21.3 Å². The molecule has 0 saturated carbocycles. The fourth-order valence-corrected chi connectivity index (χ4v) is 1.25. The van der Waals surface area contributed by atoms with Crippen LogP contribution in [0.1, 0.15) is 10.4 Å². The molecule has 1 N–H and O–H groups in total. The molecular formula is C10H12O5. The third kappa shape index (κ3) is 1.81. The van der Waals surface area contributed by atoms with E-state index in [-0.39, 0.29) is 22.8 Å². The molecule has 0 unspecified atom stereocenters. The minimum Gasteiger partial charge on any atom is -0.504 e. The van der Waals surface area contributed by atoms with E-state index < -0.39 is 0 Å². The fraction of sp³-hybridized carbons (Fsp3) is 0.300. The number of phenolic OH excluding ortho intramolecular Hbond substituents is 1. The molecule has 0 radical (unpaired) electrons. The highest BCUT2D eigenvalue weighted by atomic mass is 16.5. The highest BCUT2D eigenvalue weighted by Crippen LogP contribution is 2.45. The number of benzene rings is 1. The number of rotatable bonds is 4. The first-order valence-corrected chi connectivity index (χ1v) is 4.16. The summed E-state index contributed by atoms with van der Waals surface area (Å²) >= 11 is 0. The molecule has 15 heavy (non-hydrogen) atoms. The van der Waals surface area contributed by atoms with Crippen LogP contribution in [0.4, 0.5) is 0 Å². The molecule has 0 aromatic heterocycles. The Labute approximate surface area is 87.2 Å². The molecule has 0 bridgehead atoms. The van der Waals surface area contributed by atoms with Crippen LogP contribution in [0.25, 0.3) is 0 Å². The van der Waals surface area contributed by atoms with E-state index in [1.165, 1.54) is 27.4 Å². The van der Waals surface area contributed by atoms with E-state index in [0.29, 0.717) is 12.0 Å². The average Bonchev–Trinajstić information content (AvgIpc) is 2.28. The number of phenols is 1. The Morgan fingerprint density at radius 2 is 1.73 bits per heavy atom. The van der Waals surface area contributed by atoms with E-state index >= 15 is 0 Å². The van der Waals surface area contributed by atoms with Crippen molar-refractivity contribution in [1.82, 2.24) is 0 Å². The van der Waals surface area contributed by atoms with Gasteiger partial charge >= 0.3 is 0 Å². The van der Waals surface area contributed by atoms with Crippen molar-refractivity contribution in [3.8, 4) is 23.0 Å². The molecule has 1 aromatic rings. The lowest BCUT2D eigenvalue weighted by Crippen LogP contribution is -1.97. The highest BCUT2D eigenvalue weighted by molar-refractivity contribution is 5.84. The largest absolute Gasteiger partial charge is 0.504 e. The molecule has 0 fully saturated rings. The molecule has 0 aliphatic rings. The number of aldehydes is 1. The third-order valence-electron chi connectivity index (χ3n) is 1.96. The second kappa shape index (κ2) is 4.54. The van der Waals surface area contributed by atoms with Gasteiger partial charge in [0.2, 0.25) is 11.5 Å². The maximum absolute atomic E-state index is 10.7. The molecule has 1 aromatic carbocycles. The topological polar surface area (TPSA) is 65.0 Å². The first kappa shape index (κ1) is 11.2. The van der Waals surface area contributed by atoms with Crippen molar-refractivity contribution in [2.24, 2.45) is 0 Å². The molecule has 82 valence electrons. The van der Waals surface area contributed by atoms with E-state index in [1.807, 2.05) is 0 Å². The Hall–Kier alpha value is -1.91. The second-order valence-electron chi connectivity index (χ2n) is 2.70. The SMILES string of the molecule is COc1cc(C=O)c(O)c(OC)c1OC. The van der Waals surface area contributed by atoms with E-state index in [4.69, 9.17) is 14.2 Å². The minimum absolute atomic E-state index is 0.0824. The molecule has 0 aliphatic heterocycles. The van der Waals surface area contributed by atoms with Crippen LogP contribution in [-0.2, 0) is 0 Å². The van der Waals surface area contributed by atoms with Crippen LogP contribution in [0, 0.1) is 0 Å². The Morgan fingerprint density at radius 3 is 2.13 bits per heavy atom. The van der Waals surface area contributed by atoms with E-state index in [2.05, 4.69) is 0 Å². The molecule has 5 heteroatoms. The van der Waals surface area contributed by atoms with Gasteiger partial charge in [0.05, 0.1) is 26.9 Å². The summed E-state index contributed by atoms with van der Waals surface area (Å²) in [5, 5.41) is 9.63. The first-order valence-electron chi connectivity index (χ1n) is 4.16. The zero-order valence-corrected chi connectivity index (χ0v) is 8.73. The van der Waals surface area contributed by atoms with Crippen molar-refractivity contribution in [3.05, 3.63) is 11.6 Å². The van der Waals surface area contributed by atoms with Gasteiger partial charge in [-0.3, -0.25) is 4.79 Å². The summed E-state index contributed by atoms with van der Waals surface area (Å²) in [6.45, 7) is 0. The predicted octanol–water partition coefficient (Wildman–Crippen LogP) is 1.23. The summed E-state index contributed by atoms with van der Waals surface area (Å²) in [4.78, 5) is 10.7. The van der Waals surface area contributed by atoms with Gasteiger partial charge in [0.1, 0.15) is 0 Å². The van der Waals surface area contributed by atoms with Crippen molar-refractivity contribution >= 4 is 6.29 Å². The van der Waals surface area contributed by atoms with Crippen molar-refractivity contribution < 1.29 is 24.1 Å². The number of ether oxygens (including phenoxy) is 3. The summed E-state index contributed by atoms with van der Waals surface area (Å²) in [6.07, 6.45) is 0.514. The van der Waals surface area contributed by atoms with Gasteiger partial charge in [-0.15, -0.1) is 0 Å². The van der Waals surface area contributed by atoms with Crippen molar-refractivity contribution in [2.45, 2.75) is 0 Å². The Kier molecular flexibility index (Phi) is 3.38. The van der Waals surface area contributed by atoms with E-state index in [9.17, 15) is 9.90 Å². The summed E-state index contributed by atoms with van der Waals surface area (Å²) in [6, 6.07) is 1.38. The van der Waals surface area contributed by atoms with Crippen LogP contribution < -0.4 is 14.2 Å². The maximum Gasteiger partial charge on any atom is 0.207 e. The van der Waals surface area contributed by atoms with Crippen molar-refractivity contribution in [3.63, 3.8) is 0 Å². The monoisotopic (exact) mass is 212 g/mol. The van der Waals surface area contributed by atoms with Crippen LogP contribution in [0.5, 0.6) is 23.0 Å². The fourth-order valence-electron chi connectivity index (χ4n) is 1.25. The molecule has 0 spiro atoms. The van der Waals surface area contributed by atoms with Crippen LogP contribution in [0.15, 0.2) is 6.07 Å². The molecule has 5 nitrogen and oxygen atoms in total. The molecule has 0 amide bonds. The number of carbonyl (C=O) groups is 1. The van der Waals surface area contributed by atoms with Crippen LogP contribution in [0.3, 0.4) is 0 Å². The average molecular weight is 212 g/mol. The number of aromatic hydroxyl groups is 1. The lowest BCUT2D eigenvalue weighted by atomic mass is 10.1. The quantitative estimate of drug-likeness (QED) is 0.760. The summed E-state index contributed by atoms with van der Waals surface area (Å²) in [7, 11) is 4.22. The van der Waals surface area contributed by atoms with Gasteiger partial charge < -0.3 is 19.3 Å². The van der Waals surface area contributed by atoms with Gasteiger partial charge in [-0.1, -0.05) is 0 Å². The Balaban J connectivity index is 3.49. The van der Waals surface area contributed by atoms with Gasteiger partial charge in [0.25, 0.3) is 0 Å². The normalized spacial score (nSPS) is 9.53. The van der Waals surface area contributed by atoms with Gasteiger partial charge in [0.15, 0.2) is 17.8 Å². The number of hydrogen-bond acceptors (Lipinski definition) is 5. The number of methoxy groups -OCH3 is 3. The van der Waals surface area contributed by atoms with Gasteiger partial charge in [-0.25, -0.2) is 0 Å². The van der Waals surface area contributed by atoms with Gasteiger partial charge in [-0.2, -0.15) is 0 Å². The zero-order valence-electron chi connectivity index (χ0n) is 8.73. The molecular weight excluding hydrogens is 200 g/mol. The zero-order chi connectivity index (χ0) is 11.4. The lowest BCUT2D eigenvalue weighted by Gasteiger charge is -2.14. The predicted molar refractivity (Wildman–Crippen MR) is 53.2 cm³/mol. The highest BCUT2D eigenvalue weighted by Gasteiger charge is 2.19. The van der Waals surface area contributed by atoms with Gasteiger partial charge in [0, 0.05) is 0 Å². The molecule has 1 rings (SSSR count). The molecule has 0 heterocycles. The van der Waals surface area contributed by atoms with Gasteiger partial charge in [-0.05, 0) is 6.07 Å². The third-order valence-corrected chi connectivity index (χ3v) is 1.96. The Morgan fingerprint density at radius 1 is 1.13 bits per heavy atom. The van der Waals surface area contributed by atoms with E-state index in [0.717, 1.165) is 0 Å². The standard InChI is InChI=1S/C10H12O5/c1-13-7-4-6(5-11)8(12)10(15-3)9(7)14-2/h4-5,12H,1-3H3. The van der Waals surface area contributed by atoms with Crippen LogP contribution in [-0.4, -0.2) is 32.7 Å². The molecule has 0 saturated heterocycles. The number of hydrogen-bond donors (Lipinski definition) is 1. The van der Waals surface area contributed by atoms with Crippen LogP contribution >= 0.6 is 0 Å². The minimum atomic E-state index is -0.259. The molecule has 0 atom stereocenters. The Bertz CT molecular complexity index is 373. The summed E-state index contributed by atoms with van der Waals surface area (Å²) < 4.78 is 15.0. The van der Waals surface area contributed by atoms with E-state index in [1.54, 1.807) is 0 Å². The second-order valence-corrected chi connectivity index (χ2v) is 2.70. The number of carbonyl (C=O) groups excluding carboxylic acids is 1. The smallest absolute Gasteiger partial charge is 0.207 e.